The third-order valence-electron chi connectivity index (χ3n) is 5.82. The zero-order valence-corrected chi connectivity index (χ0v) is 18.7. The van der Waals surface area contributed by atoms with Gasteiger partial charge in [0.05, 0.1) is 12.7 Å². The number of ether oxygens (including phenoxy) is 1. The molecule has 2 unspecified atom stereocenters. The normalized spacial score (nSPS) is 13.3. The van der Waals surface area contributed by atoms with E-state index in [9.17, 15) is 4.79 Å². The molecule has 158 valence electrons. The maximum absolute atomic E-state index is 12.9. The molecule has 0 radical (unpaired) electrons. The number of hydrogen-bond acceptors (Lipinski definition) is 2. The van der Waals surface area contributed by atoms with Crippen molar-refractivity contribution >= 4 is 5.97 Å². The number of aromatic nitrogens is 1. The van der Waals surface area contributed by atoms with E-state index in [0.29, 0.717) is 0 Å². The molecule has 0 saturated carbocycles. The molecule has 0 spiro atoms. The molecule has 1 heterocycles. The highest BCUT2D eigenvalue weighted by molar-refractivity contribution is 5.93. The Morgan fingerprint density at radius 2 is 1.30 bits per heavy atom. The molecule has 2 aromatic carbocycles. The highest BCUT2D eigenvalue weighted by atomic mass is 16.5. The topological polar surface area (TPSA) is 42.1 Å². The lowest BCUT2D eigenvalue weighted by molar-refractivity contribution is 0.0597. The van der Waals surface area contributed by atoms with Gasteiger partial charge in [-0.2, -0.15) is 0 Å². The summed E-state index contributed by atoms with van der Waals surface area (Å²) in [6.07, 6.45) is 1.80. The van der Waals surface area contributed by atoms with Gasteiger partial charge in [0.25, 0.3) is 0 Å². The summed E-state index contributed by atoms with van der Waals surface area (Å²) in [5, 5.41) is 0. The van der Waals surface area contributed by atoms with Crippen LogP contribution in [-0.4, -0.2) is 18.1 Å². The van der Waals surface area contributed by atoms with Crippen LogP contribution in [0.25, 0.3) is 0 Å². The Hall–Kier alpha value is -2.81. The highest BCUT2D eigenvalue weighted by Crippen LogP contribution is 2.37. The van der Waals surface area contributed by atoms with E-state index in [1.54, 1.807) is 0 Å². The minimum atomic E-state index is -0.247. The van der Waals surface area contributed by atoms with Crippen molar-refractivity contribution in [3.05, 3.63) is 94.3 Å². The number of hydrogen-bond donors (Lipinski definition) is 1. The molecule has 1 aromatic heterocycles. The number of rotatable bonds is 8. The molecule has 3 rings (SSSR count). The Morgan fingerprint density at radius 1 is 0.800 bits per heavy atom. The first kappa shape index (κ1) is 21.9. The molecule has 0 bridgehead atoms. The van der Waals surface area contributed by atoms with E-state index in [1.807, 2.05) is 12.1 Å². The monoisotopic (exact) mass is 403 g/mol. The van der Waals surface area contributed by atoms with Gasteiger partial charge in [-0.3, -0.25) is 0 Å². The van der Waals surface area contributed by atoms with Crippen LogP contribution in [0.15, 0.2) is 60.7 Å². The lowest BCUT2D eigenvalue weighted by Crippen LogP contribution is -2.12. The molecule has 0 amide bonds. The first-order valence-electron chi connectivity index (χ1n) is 10.8. The number of benzene rings is 2. The van der Waals surface area contributed by atoms with Crippen molar-refractivity contribution in [3.63, 3.8) is 0 Å². The molecule has 0 saturated heterocycles. The van der Waals surface area contributed by atoms with Crippen LogP contribution in [0.2, 0.25) is 0 Å². The van der Waals surface area contributed by atoms with Crippen LogP contribution in [0.5, 0.6) is 0 Å². The Morgan fingerprint density at radius 3 is 1.77 bits per heavy atom. The van der Waals surface area contributed by atoms with Gasteiger partial charge >= 0.3 is 5.97 Å². The average Bonchev–Trinajstić information content (AvgIpc) is 3.16. The number of carbonyl (C=O) groups excluding carboxylic acids is 1. The summed E-state index contributed by atoms with van der Waals surface area (Å²) in [7, 11) is 1.47. The second-order valence-electron chi connectivity index (χ2n) is 8.57. The van der Waals surface area contributed by atoms with E-state index in [4.69, 9.17) is 4.74 Å². The molecule has 3 heteroatoms. The molecule has 3 nitrogen and oxygen atoms in total. The third-order valence-corrected chi connectivity index (χ3v) is 5.82. The number of nitrogens with one attached hydrogen (secondary N) is 1. The number of esters is 1. The Labute approximate surface area is 180 Å². The molecule has 30 heavy (non-hydrogen) atoms. The number of H-pyrrole nitrogens is 1. The Bertz CT molecular complexity index is 957. The highest BCUT2D eigenvalue weighted by Gasteiger charge is 2.30. The van der Waals surface area contributed by atoms with E-state index >= 15 is 0 Å². The molecule has 0 fully saturated rings. The summed E-state index contributed by atoms with van der Waals surface area (Å²) in [6, 6.07) is 21.0. The zero-order chi connectivity index (χ0) is 21.7. The standard InChI is InChI=1S/C27H33NO2/c1-18(2)25-24(27(29)30-5)23(19(3)16-21-12-8-6-9-13-21)26(28-25)20(4)17-22-14-10-7-11-15-22/h6-15,18-20,28H,16-17H2,1-5H3. The molecular weight excluding hydrogens is 370 g/mol. The van der Waals surface area contributed by atoms with Gasteiger partial charge in [-0.25, -0.2) is 4.79 Å². The van der Waals surface area contributed by atoms with Crippen molar-refractivity contribution in [1.29, 1.82) is 0 Å². The van der Waals surface area contributed by atoms with Crippen LogP contribution in [-0.2, 0) is 17.6 Å². The number of methoxy groups -OCH3 is 1. The molecule has 0 aliphatic carbocycles. The predicted octanol–water partition coefficient (Wildman–Crippen LogP) is 6.62. The van der Waals surface area contributed by atoms with Gasteiger partial charge in [0.15, 0.2) is 0 Å². The van der Waals surface area contributed by atoms with Crippen molar-refractivity contribution in [2.24, 2.45) is 0 Å². The van der Waals surface area contributed by atoms with E-state index in [0.717, 1.165) is 35.4 Å². The van der Waals surface area contributed by atoms with Crippen LogP contribution >= 0.6 is 0 Å². The second kappa shape index (κ2) is 9.80. The smallest absolute Gasteiger partial charge is 0.339 e. The molecule has 1 N–H and O–H groups in total. The largest absolute Gasteiger partial charge is 0.465 e. The quantitative estimate of drug-likeness (QED) is 0.430. The van der Waals surface area contributed by atoms with Crippen molar-refractivity contribution in [3.8, 4) is 0 Å². The van der Waals surface area contributed by atoms with E-state index in [2.05, 4.69) is 81.2 Å². The summed E-state index contributed by atoms with van der Waals surface area (Å²) >= 11 is 0. The molecule has 2 atom stereocenters. The van der Waals surface area contributed by atoms with E-state index < -0.39 is 0 Å². The first-order valence-corrected chi connectivity index (χ1v) is 10.8. The van der Waals surface area contributed by atoms with Crippen molar-refractivity contribution in [1.82, 2.24) is 4.98 Å². The van der Waals surface area contributed by atoms with Crippen LogP contribution in [0, 0.1) is 0 Å². The Kier molecular flexibility index (Phi) is 7.15. The number of carbonyl (C=O) groups is 1. The van der Waals surface area contributed by atoms with Crippen LogP contribution < -0.4 is 0 Å². The second-order valence-corrected chi connectivity index (χ2v) is 8.57. The summed E-state index contributed by atoms with van der Waals surface area (Å²) < 4.78 is 5.22. The minimum Gasteiger partial charge on any atom is -0.465 e. The summed E-state index contributed by atoms with van der Waals surface area (Å²) in [4.78, 5) is 16.5. The van der Waals surface area contributed by atoms with Crippen molar-refractivity contribution in [2.75, 3.05) is 7.11 Å². The lowest BCUT2D eigenvalue weighted by Gasteiger charge is -2.19. The molecule has 0 aliphatic rings. The van der Waals surface area contributed by atoms with E-state index in [1.165, 1.54) is 18.2 Å². The fourth-order valence-corrected chi connectivity index (χ4v) is 4.35. The molecular formula is C27H33NO2. The maximum Gasteiger partial charge on any atom is 0.339 e. The molecule has 3 aromatic rings. The fourth-order valence-electron chi connectivity index (χ4n) is 4.35. The van der Waals surface area contributed by atoms with Crippen LogP contribution in [0.3, 0.4) is 0 Å². The van der Waals surface area contributed by atoms with Gasteiger partial charge in [-0.05, 0) is 41.4 Å². The SMILES string of the molecule is COC(=O)c1c(C(C)C)[nH]c(C(C)Cc2ccccc2)c1C(C)Cc1ccccc1. The minimum absolute atomic E-state index is 0.193. The van der Waals surface area contributed by atoms with Crippen molar-refractivity contribution < 1.29 is 9.53 Å². The average molecular weight is 404 g/mol. The summed E-state index contributed by atoms with van der Waals surface area (Å²) in [5.41, 5.74) is 6.54. The maximum atomic E-state index is 12.9. The van der Waals surface area contributed by atoms with Crippen LogP contribution in [0.1, 0.15) is 83.9 Å². The first-order chi connectivity index (χ1) is 14.4. The molecule has 0 aliphatic heterocycles. The lowest BCUT2D eigenvalue weighted by atomic mass is 9.85. The van der Waals surface area contributed by atoms with Gasteiger partial charge in [0, 0.05) is 17.3 Å². The number of aromatic amines is 1. The van der Waals surface area contributed by atoms with Gasteiger partial charge < -0.3 is 9.72 Å². The Balaban J connectivity index is 2.06. The van der Waals surface area contributed by atoms with Gasteiger partial charge in [0.2, 0.25) is 0 Å². The van der Waals surface area contributed by atoms with Crippen molar-refractivity contribution in [2.45, 2.75) is 58.3 Å². The van der Waals surface area contributed by atoms with Gasteiger partial charge in [0.1, 0.15) is 0 Å². The van der Waals surface area contributed by atoms with E-state index in [-0.39, 0.29) is 23.7 Å². The third kappa shape index (κ3) is 4.84. The van der Waals surface area contributed by atoms with Crippen LogP contribution in [0.4, 0.5) is 0 Å². The van der Waals surface area contributed by atoms with Gasteiger partial charge in [-0.15, -0.1) is 0 Å². The fraction of sp³-hybridized carbons (Fsp3) is 0.370. The zero-order valence-electron chi connectivity index (χ0n) is 18.7. The predicted molar refractivity (Wildman–Crippen MR) is 123 cm³/mol. The van der Waals surface area contributed by atoms with Gasteiger partial charge in [-0.1, -0.05) is 88.4 Å². The summed E-state index contributed by atoms with van der Waals surface area (Å²) in [5.74, 6) is 0.414. The summed E-state index contributed by atoms with van der Waals surface area (Å²) in [6.45, 7) is 8.69.